The van der Waals surface area contributed by atoms with E-state index in [1.54, 1.807) is 23.2 Å². The number of aromatic nitrogens is 2. The lowest BCUT2D eigenvalue weighted by Crippen LogP contribution is -3.00. The van der Waals surface area contributed by atoms with Gasteiger partial charge in [0.15, 0.2) is 12.3 Å². The second-order valence-corrected chi connectivity index (χ2v) is 5.44. The van der Waals surface area contributed by atoms with Crippen LogP contribution in [0.4, 0.5) is 0 Å². The molecule has 3 aromatic rings. The minimum Gasteiger partial charge on any atom is -1.00 e. The van der Waals surface area contributed by atoms with Gasteiger partial charge in [-0.15, -0.1) is 0 Å². The normalized spacial score (nSPS) is 10.0. The summed E-state index contributed by atoms with van der Waals surface area (Å²) in [7, 11) is 0. The molecule has 0 aliphatic rings. The lowest BCUT2D eigenvalue weighted by molar-refractivity contribution is -0.686. The maximum absolute atomic E-state index is 12.2. The van der Waals surface area contributed by atoms with Gasteiger partial charge < -0.3 is 21.4 Å². The molecule has 0 radical (unpaired) electrons. The third-order valence-electron chi connectivity index (χ3n) is 3.02. The van der Waals surface area contributed by atoms with Crippen LogP contribution in [0.5, 0.6) is 0 Å². The van der Waals surface area contributed by atoms with E-state index in [0.717, 1.165) is 10.2 Å². The van der Waals surface area contributed by atoms with Gasteiger partial charge in [-0.05, 0) is 29.2 Å². The number of furan rings is 1. The molecule has 6 heteroatoms. The number of hydrogen-bond donors (Lipinski definition) is 0. The number of nitrogens with zero attached hydrogens (tertiary/aromatic N) is 2. The molecule has 2 heterocycles. The van der Waals surface area contributed by atoms with E-state index in [2.05, 4.69) is 20.9 Å². The quantitative estimate of drug-likeness (QED) is 0.447. The van der Waals surface area contributed by atoms with Crippen LogP contribution in [0.1, 0.15) is 10.4 Å². The average Bonchev–Trinajstić information content (AvgIpc) is 3.02. The van der Waals surface area contributed by atoms with Gasteiger partial charge in [-0.1, -0.05) is 28.1 Å². The summed E-state index contributed by atoms with van der Waals surface area (Å²) >= 11 is 3.37. The molecule has 0 saturated carbocycles. The summed E-state index contributed by atoms with van der Waals surface area (Å²) in [6.07, 6.45) is 5.06. The zero-order chi connectivity index (χ0) is 14.7. The maximum atomic E-state index is 12.2. The number of rotatable bonds is 4. The zero-order valence-corrected chi connectivity index (χ0v) is 14.6. The molecule has 4 nitrogen and oxygen atoms in total. The van der Waals surface area contributed by atoms with Crippen LogP contribution < -0.4 is 21.5 Å². The standard InChI is InChI=1S/C16H12BrN2O2.BrH/c17-13-4-1-3-12(9-13)15(20)10-19-7-6-14(18-11-19)16-5-2-8-21-16;/h1-9,11H,10H2;1H/q+1;/p-1. The molecule has 0 unspecified atom stereocenters. The molecule has 2 aromatic heterocycles. The number of Topliss-reactive ketones (excluding diaryl/α,β-unsaturated/α-hetero) is 1. The fraction of sp³-hybridized carbons (Fsp3) is 0.0625. The molecule has 112 valence electrons. The Morgan fingerprint density at radius 1 is 1.23 bits per heavy atom. The van der Waals surface area contributed by atoms with Crippen LogP contribution in [-0.2, 0) is 6.54 Å². The molecule has 0 amide bonds. The Hall–Kier alpha value is -1.79. The minimum absolute atomic E-state index is 0. The van der Waals surface area contributed by atoms with Crippen molar-refractivity contribution in [3.8, 4) is 11.5 Å². The van der Waals surface area contributed by atoms with Gasteiger partial charge in [0.2, 0.25) is 11.5 Å². The van der Waals surface area contributed by atoms with Crippen molar-refractivity contribution in [1.29, 1.82) is 0 Å². The highest BCUT2D eigenvalue weighted by Crippen LogP contribution is 2.15. The molecule has 0 aliphatic heterocycles. The van der Waals surface area contributed by atoms with Crippen molar-refractivity contribution in [3.05, 3.63) is 71.3 Å². The topological polar surface area (TPSA) is 47.0 Å². The van der Waals surface area contributed by atoms with Gasteiger partial charge in [0, 0.05) is 16.1 Å². The molecule has 22 heavy (non-hydrogen) atoms. The number of ketones is 1. The first-order valence-electron chi connectivity index (χ1n) is 6.40. The molecule has 0 saturated heterocycles. The Morgan fingerprint density at radius 2 is 2.09 bits per heavy atom. The fourth-order valence-corrected chi connectivity index (χ4v) is 2.37. The lowest BCUT2D eigenvalue weighted by Gasteiger charge is -2.00. The Bertz CT molecular complexity index is 756. The van der Waals surface area contributed by atoms with Crippen molar-refractivity contribution in [2.24, 2.45) is 0 Å². The van der Waals surface area contributed by atoms with Crippen LogP contribution >= 0.6 is 15.9 Å². The van der Waals surface area contributed by atoms with E-state index in [-0.39, 0.29) is 29.3 Å². The molecule has 0 fully saturated rings. The molecule has 3 rings (SSSR count). The van der Waals surface area contributed by atoms with Crippen LogP contribution in [0.15, 0.2) is 70.1 Å². The number of hydrogen-bond acceptors (Lipinski definition) is 3. The Balaban J connectivity index is 0.00000176. The van der Waals surface area contributed by atoms with Crippen molar-refractivity contribution in [1.82, 2.24) is 4.98 Å². The smallest absolute Gasteiger partial charge is 0.287 e. The number of benzene rings is 1. The van der Waals surface area contributed by atoms with Gasteiger partial charge >= 0.3 is 0 Å². The van der Waals surface area contributed by atoms with Gasteiger partial charge in [-0.25, -0.2) is 4.57 Å². The van der Waals surface area contributed by atoms with Gasteiger partial charge in [-0.3, -0.25) is 4.79 Å². The average molecular weight is 424 g/mol. The molecule has 0 atom stereocenters. The van der Waals surface area contributed by atoms with Crippen molar-refractivity contribution in [3.63, 3.8) is 0 Å². The summed E-state index contributed by atoms with van der Waals surface area (Å²) in [5, 5.41) is 0. The first-order chi connectivity index (χ1) is 10.2. The Morgan fingerprint density at radius 3 is 2.73 bits per heavy atom. The highest BCUT2D eigenvalue weighted by atomic mass is 79.9. The Kier molecular flexibility index (Phi) is 5.63. The molecule has 0 bridgehead atoms. The zero-order valence-electron chi connectivity index (χ0n) is 11.4. The van der Waals surface area contributed by atoms with Crippen molar-refractivity contribution < 1.29 is 30.8 Å². The summed E-state index contributed by atoms with van der Waals surface area (Å²) in [6, 6.07) is 12.8. The number of carbonyl (C=O) groups is 1. The van der Waals surface area contributed by atoms with Gasteiger partial charge in [0.05, 0.1) is 12.5 Å². The molecule has 1 aromatic carbocycles. The van der Waals surface area contributed by atoms with Crippen molar-refractivity contribution in [2.75, 3.05) is 0 Å². The van der Waals surface area contributed by atoms with E-state index in [1.807, 2.05) is 42.6 Å². The lowest BCUT2D eigenvalue weighted by atomic mass is 10.1. The van der Waals surface area contributed by atoms with Crippen LogP contribution in [0, 0.1) is 0 Å². The predicted octanol–water partition coefficient (Wildman–Crippen LogP) is 0.278. The fourth-order valence-electron chi connectivity index (χ4n) is 1.97. The van der Waals surface area contributed by atoms with E-state index in [0.29, 0.717) is 11.3 Å². The van der Waals surface area contributed by atoms with Gasteiger partial charge in [0.25, 0.3) is 6.33 Å². The van der Waals surface area contributed by atoms with Gasteiger partial charge in [-0.2, -0.15) is 0 Å². The predicted molar refractivity (Wildman–Crippen MR) is 80.6 cm³/mol. The first-order valence-corrected chi connectivity index (χ1v) is 7.19. The van der Waals surface area contributed by atoms with E-state index < -0.39 is 0 Å². The molecule has 0 spiro atoms. The number of halogens is 2. The molecular weight excluding hydrogens is 412 g/mol. The van der Waals surface area contributed by atoms with Crippen molar-refractivity contribution >= 4 is 21.7 Å². The van der Waals surface area contributed by atoms with Crippen molar-refractivity contribution in [2.45, 2.75) is 6.54 Å². The first kappa shape index (κ1) is 16.6. The minimum atomic E-state index is 0. The third kappa shape index (κ3) is 3.90. The molecular formula is C16H12Br2N2O2. The van der Waals surface area contributed by atoms with Crippen LogP contribution in [0.3, 0.4) is 0 Å². The van der Waals surface area contributed by atoms with Crippen LogP contribution in [0.2, 0.25) is 0 Å². The van der Waals surface area contributed by atoms with E-state index in [9.17, 15) is 4.79 Å². The summed E-state index contributed by atoms with van der Waals surface area (Å²) in [4.78, 5) is 16.5. The molecule has 0 N–H and O–H groups in total. The summed E-state index contributed by atoms with van der Waals surface area (Å²) in [6.45, 7) is 0.252. The highest BCUT2D eigenvalue weighted by molar-refractivity contribution is 9.10. The monoisotopic (exact) mass is 422 g/mol. The Labute approximate surface area is 146 Å². The van der Waals surface area contributed by atoms with E-state index in [1.165, 1.54) is 0 Å². The maximum Gasteiger partial charge on any atom is 0.287 e. The third-order valence-corrected chi connectivity index (χ3v) is 3.51. The second kappa shape index (κ2) is 7.47. The second-order valence-electron chi connectivity index (χ2n) is 4.53. The van der Waals surface area contributed by atoms with E-state index >= 15 is 0 Å². The van der Waals surface area contributed by atoms with E-state index in [4.69, 9.17) is 4.42 Å². The van der Waals surface area contributed by atoms with Crippen LogP contribution in [0.25, 0.3) is 11.5 Å². The summed E-state index contributed by atoms with van der Waals surface area (Å²) in [5.41, 5.74) is 1.41. The summed E-state index contributed by atoms with van der Waals surface area (Å²) < 4.78 is 7.92. The largest absolute Gasteiger partial charge is 1.00 e. The van der Waals surface area contributed by atoms with Gasteiger partial charge in [0.1, 0.15) is 0 Å². The summed E-state index contributed by atoms with van der Waals surface area (Å²) in [5.74, 6) is 0.745. The SMILES string of the molecule is O=C(C[n+]1ccc(-c2ccco2)nc1)c1cccc(Br)c1.[Br-]. The number of carbonyl (C=O) groups excluding carboxylic acids is 1. The molecule has 0 aliphatic carbocycles. The van der Waals surface area contributed by atoms with Crippen LogP contribution in [-0.4, -0.2) is 10.8 Å². The highest BCUT2D eigenvalue weighted by Gasteiger charge is 2.13.